The number of nitrogens with zero attached hydrogens (tertiary/aromatic N) is 1. The quantitative estimate of drug-likeness (QED) is 0.848. The first-order chi connectivity index (χ1) is 12.6. The number of carboxylic acids is 1. The maximum Gasteiger partial charge on any atom is 0.416 e. The van der Waals surface area contributed by atoms with Crippen molar-refractivity contribution in [2.75, 3.05) is 7.05 Å². The van der Waals surface area contributed by atoms with Crippen molar-refractivity contribution in [3.63, 3.8) is 0 Å². The lowest BCUT2D eigenvalue weighted by Crippen LogP contribution is -2.28. The molecule has 1 aromatic carbocycles. The number of carbonyl (C=O) groups excluding carboxylic acids is 1. The molecular weight excluding hydrogens is 363 g/mol. The monoisotopic (exact) mass is 381 g/mol. The molecule has 1 heterocycles. The van der Waals surface area contributed by atoms with Gasteiger partial charge in [-0.15, -0.1) is 0 Å². The highest BCUT2D eigenvalue weighted by Gasteiger charge is 2.48. The summed E-state index contributed by atoms with van der Waals surface area (Å²) in [6.07, 6.45) is -4.11. The largest absolute Gasteiger partial charge is 0.478 e. The number of carboxylic acid groups (broad SMARTS) is 1. The Balaban J connectivity index is 1.70. The van der Waals surface area contributed by atoms with Crippen LogP contribution < -0.4 is 0 Å². The van der Waals surface area contributed by atoms with Crippen LogP contribution in [-0.4, -0.2) is 28.9 Å². The van der Waals surface area contributed by atoms with Crippen molar-refractivity contribution in [2.45, 2.75) is 32.0 Å². The molecule has 0 radical (unpaired) electrons. The lowest BCUT2D eigenvalue weighted by molar-refractivity contribution is -0.138. The summed E-state index contributed by atoms with van der Waals surface area (Å²) in [6.45, 7) is 1.57. The number of aryl methyl sites for hydroxylation is 1. The Morgan fingerprint density at radius 2 is 1.96 bits per heavy atom. The highest BCUT2D eigenvalue weighted by Crippen LogP contribution is 2.51. The zero-order valence-electron chi connectivity index (χ0n) is 14.7. The molecule has 1 fully saturated rings. The molecule has 27 heavy (non-hydrogen) atoms. The van der Waals surface area contributed by atoms with Gasteiger partial charge in [-0.25, -0.2) is 4.79 Å². The van der Waals surface area contributed by atoms with Gasteiger partial charge in [0.1, 0.15) is 17.1 Å². The molecule has 2 atom stereocenters. The SMILES string of the molecule is Cc1oc(CN(C)C(=O)[C@H]2C[C@@H]2c2ccccc2C(F)(F)F)cc1C(=O)O. The number of benzene rings is 1. The number of hydrogen-bond donors (Lipinski definition) is 1. The number of furan rings is 1. The van der Waals surface area contributed by atoms with Crippen LogP contribution in [0.5, 0.6) is 0 Å². The molecule has 0 bridgehead atoms. The van der Waals surface area contributed by atoms with E-state index in [9.17, 15) is 22.8 Å². The molecule has 0 saturated heterocycles. The Labute approximate surface area is 153 Å². The second-order valence-corrected chi connectivity index (χ2v) is 6.72. The van der Waals surface area contributed by atoms with E-state index in [-0.39, 0.29) is 29.3 Å². The Morgan fingerprint density at radius 1 is 1.30 bits per heavy atom. The van der Waals surface area contributed by atoms with Crippen molar-refractivity contribution in [1.82, 2.24) is 4.90 Å². The molecule has 1 aliphatic rings. The molecule has 1 N–H and O–H groups in total. The van der Waals surface area contributed by atoms with Gasteiger partial charge in [0.2, 0.25) is 5.91 Å². The van der Waals surface area contributed by atoms with Crippen molar-refractivity contribution >= 4 is 11.9 Å². The highest BCUT2D eigenvalue weighted by atomic mass is 19.4. The fourth-order valence-electron chi connectivity index (χ4n) is 3.32. The molecule has 1 aromatic heterocycles. The Kier molecular flexibility index (Phi) is 4.75. The number of hydrogen-bond acceptors (Lipinski definition) is 3. The highest BCUT2D eigenvalue weighted by molar-refractivity contribution is 5.89. The van der Waals surface area contributed by atoms with E-state index in [1.54, 1.807) is 0 Å². The summed E-state index contributed by atoms with van der Waals surface area (Å²) in [4.78, 5) is 25.0. The standard InChI is InChI=1S/C19H18F3NO4/c1-10-13(18(25)26)7-11(27-10)9-23(2)17(24)15-8-14(15)12-5-3-4-6-16(12)19(20,21)22/h3-7,14-15H,8-9H2,1-2H3,(H,25,26)/t14-,15+/m1/s1. The first kappa shape index (κ1) is 19.0. The average Bonchev–Trinajstić information content (AvgIpc) is 3.30. The lowest BCUT2D eigenvalue weighted by atomic mass is 10.0. The molecule has 0 aliphatic heterocycles. The van der Waals surface area contributed by atoms with E-state index in [0.29, 0.717) is 12.2 Å². The number of alkyl halides is 3. The third-order valence-corrected chi connectivity index (χ3v) is 4.74. The van der Waals surface area contributed by atoms with E-state index >= 15 is 0 Å². The van der Waals surface area contributed by atoms with Crippen molar-refractivity contribution in [3.8, 4) is 0 Å². The summed E-state index contributed by atoms with van der Waals surface area (Å²) in [5.74, 6) is -1.85. The minimum Gasteiger partial charge on any atom is -0.478 e. The molecule has 8 heteroatoms. The fraction of sp³-hybridized carbons (Fsp3) is 0.368. The maximum absolute atomic E-state index is 13.2. The van der Waals surface area contributed by atoms with Gasteiger partial charge in [-0.05, 0) is 37.0 Å². The van der Waals surface area contributed by atoms with Gasteiger partial charge in [-0.3, -0.25) is 4.79 Å². The second-order valence-electron chi connectivity index (χ2n) is 6.72. The van der Waals surface area contributed by atoms with E-state index in [1.165, 1.54) is 43.1 Å². The van der Waals surface area contributed by atoms with Gasteiger partial charge in [0.05, 0.1) is 12.1 Å². The van der Waals surface area contributed by atoms with Gasteiger partial charge in [0.15, 0.2) is 0 Å². The summed E-state index contributed by atoms with van der Waals surface area (Å²) in [7, 11) is 1.52. The number of rotatable bonds is 5. The maximum atomic E-state index is 13.2. The molecular formula is C19H18F3NO4. The van der Waals surface area contributed by atoms with Crippen LogP contribution in [0, 0.1) is 12.8 Å². The van der Waals surface area contributed by atoms with Crippen LogP contribution in [-0.2, 0) is 17.5 Å². The Morgan fingerprint density at radius 3 is 2.56 bits per heavy atom. The van der Waals surface area contributed by atoms with Crippen molar-refractivity contribution in [2.24, 2.45) is 5.92 Å². The third kappa shape index (κ3) is 3.84. The van der Waals surface area contributed by atoms with Crippen LogP contribution in [0.2, 0.25) is 0 Å². The Bertz CT molecular complexity index is 887. The smallest absolute Gasteiger partial charge is 0.416 e. The van der Waals surface area contributed by atoms with Gasteiger partial charge >= 0.3 is 12.1 Å². The summed E-state index contributed by atoms with van der Waals surface area (Å²) in [5, 5.41) is 9.04. The molecule has 144 valence electrons. The van der Waals surface area contributed by atoms with E-state index < -0.39 is 29.5 Å². The lowest BCUT2D eigenvalue weighted by Gasteiger charge is -2.17. The molecule has 0 unspecified atom stereocenters. The molecule has 1 aliphatic carbocycles. The van der Waals surface area contributed by atoms with Crippen molar-refractivity contribution < 1.29 is 32.3 Å². The molecule has 1 saturated carbocycles. The van der Waals surface area contributed by atoms with Gasteiger partial charge < -0.3 is 14.4 Å². The number of aromatic carboxylic acids is 1. The molecule has 2 aromatic rings. The van der Waals surface area contributed by atoms with E-state index in [1.807, 2.05) is 0 Å². The number of carbonyl (C=O) groups is 2. The van der Waals surface area contributed by atoms with Crippen LogP contribution in [0.3, 0.4) is 0 Å². The summed E-state index contributed by atoms with van der Waals surface area (Å²) >= 11 is 0. The second kappa shape index (κ2) is 6.75. The molecule has 0 spiro atoms. The van der Waals surface area contributed by atoms with E-state index in [4.69, 9.17) is 9.52 Å². The minimum atomic E-state index is -4.46. The fourth-order valence-corrected chi connectivity index (χ4v) is 3.32. The van der Waals surface area contributed by atoms with Crippen molar-refractivity contribution in [1.29, 1.82) is 0 Å². The average molecular weight is 381 g/mol. The van der Waals surface area contributed by atoms with Crippen LogP contribution in [0.25, 0.3) is 0 Å². The summed E-state index contributed by atoms with van der Waals surface area (Å²) < 4.78 is 44.8. The van der Waals surface area contributed by atoms with Crippen LogP contribution in [0.4, 0.5) is 13.2 Å². The first-order valence-corrected chi connectivity index (χ1v) is 8.33. The van der Waals surface area contributed by atoms with Crippen molar-refractivity contribution in [3.05, 3.63) is 58.5 Å². The summed E-state index contributed by atoms with van der Waals surface area (Å²) in [6, 6.07) is 6.66. The topological polar surface area (TPSA) is 70.8 Å². The predicted molar refractivity (Wildman–Crippen MR) is 89.2 cm³/mol. The van der Waals surface area contributed by atoms with E-state index in [0.717, 1.165) is 6.07 Å². The van der Waals surface area contributed by atoms with Crippen LogP contribution >= 0.6 is 0 Å². The molecule has 5 nitrogen and oxygen atoms in total. The van der Waals surface area contributed by atoms with Gasteiger partial charge in [0.25, 0.3) is 0 Å². The normalized spacial score (nSPS) is 19.0. The predicted octanol–water partition coefficient (Wildman–Crippen LogP) is 4.07. The number of amides is 1. The minimum absolute atomic E-state index is 0.0225. The van der Waals surface area contributed by atoms with Gasteiger partial charge in [0, 0.05) is 13.0 Å². The van der Waals surface area contributed by atoms with Crippen LogP contribution in [0.15, 0.2) is 34.7 Å². The van der Waals surface area contributed by atoms with E-state index in [2.05, 4.69) is 0 Å². The third-order valence-electron chi connectivity index (χ3n) is 4.74. The first-order valence-electron chi connectivity index (χ1n) is 8.33. The van der Waals surface area contributed by atoms with Gasteiger partial charge in [-0.1, -0.05) is 18.2 Å². The number of halogens is 3. The molecule has 3 rings (SSSR count). The zero-order chi connectivity index (χ0) is 19.9. The van der Waals surface area contributed by atoms with Crippen LogP contribution in [0.1, 0.15) is 45.3 Å². The molecule has 1 amide bonds. The summed E-state index contributed by atoms with van der Waals surface area (Å²) in [5.41, 5.74) is -0.547. The van der Waals surface area contributed by atoms with Gasteiger partial charge in [-0.2, -0.15) is 13.2 Å². The zero-order valence-corrected chi connectivity index (χ0v) is 14.7. The Hall–Kier alpha value is -2.77.